The summed E-state index contributed by atoms with van der Waals surface area (Å²) in [4.78, 5) is 11.9. The first-order valence-corrected chi connectivity index (χ1v) is 6.54. The lowest BCUT2D eigenvalue weighted by atomic mass is 10.1. The summed E-state index contributed by atoms with van der Waals surface area (Å²) in [5.74, 6) is -0.106. The molecule has 0 amide bonds. The molecule has 2 aromatic carbocycles. The van der Waals surface area contributed by atoms with Crippen molar-refractivity contribution in [3.8, 4) is 5.75 Å². The second-order valence-corrected chi connectivity index (χ2v) is 4.80. The van der Waals surface area contributed by atoms with E-state index in [4.69, 9.17) is 23.2 Å². The molecule has 0 aromatic heterocycles. The van der Waals surface area contributed by atoms with Crippen LogP contribution in [-0.4, -0.2) is 10.9 Å². The first-order chi connectivity index (χ1) is 9.58. The minimum Gasteiger partial charge on any atom is -0.506 e. The van der Waals surface area contributed by atoms with Gasteiger partial charge in [-0.2, -0.15) is 0 Å². The number of ketones is 1. The molecular formula is C15H11Cl2NO2. The predicted molar refractivity (Wildman–Crippen MR) is 81.7 cm³/mol. The Balaban J connectivity index is 2.06. The van der Waals surface area contributed by atoms with Crippen molar-refractivity contribution < 1.29 is 9.90 Å². The number of carbonyl (C=O) groups is 1. The van der Waals surface area contributed by atoms with Gasteiger partial charge in [0.05, 0.1) is 15.7 Å². The normalized spacial score (nSPS) is 10.7. The number of hydrogen-bond donors (Lipinski definition) is 2. The van der Waals surface area contributed by atoms with Crippen LogP contribution in [0, 0.1) is 0 Å². The summed E-state index contributed by atoms with van der Waals surface area (Å²) in [7, 11) is 0. The molecule has 0 heterocycles. The Hall–Kier alpha value is -1.97. The summed E-state index contributed by atoms with van der Waals surface area (Å²) in [6, 6.07) is 11.4. The Kier molecular flexibility index (Phi) is 4.66. The van der Waals surface area contributed by atoms with Crippen LogP contribution in [-0.2, 0) is 0 Å². The van der Waals surface area contributed by atoms with Gasteiger partial charge >= 0.3 is 0 Å². The van der Waals surface area contributed by atoms with E-state index in [1.807, 2.05) is 0 Å². The van der Waals surface area contributed by atoms with Crippen LogP contribution >= 0.6 is 23.2 Å². The fraction of sp³-hybridized carbons (Fsp3) is 0. The third-order valence-corrected chi connectivity index (χ3v) is 3.32. The number of carbonyl (C=O) groups excluding carboxylic acids is 1. The molecule has 3 nitrogen and oxygen atoms in total. The monoisotopic (exact) mass is 307 g/mol. The van der Waals surface area contributed by atoms with Gasteiger partial charge in [0.25, 0.3) is 0 Å². The van der Waals surface area contributed by atoms with Crippen LogP contribution in [0.25, 0.3) is 0 Å². The molecule has 0 spiro atoms. The Morgan fingerprint density at radius 1 is 1.10 bits per heavy atom. The van der Waals surface area contributed by atoms with E-state index in [0.29, 0.717) is 21.3 Å². The van der Waals surface area contributed by atoms with Crippen molar-refractivity contribution in [2.45, 2.75) is 0 Å². The molecule has 2 rings (SSSR count). The summed E-state index contributed by atoms with van der Waals surface area (Å²) < 4.78 is 0. The Bertz CT molecular complexity index is 669. The highest BCUT2D eigenvalue weighted by atomic mass is 35.5. The third-order valence-electron chi connectivity index (χ3n) is 2.58. The van der Waals surface area contributed by atoms with Crippen LogP contribution in [0.5, 0.6) is 5.75 Å². The molecule has 0 atom stereocenters. The fourth-order valence-corrected chi connectivity index (χ4v) is 1.85. The van der Waals surface area contributed by atoms with Crippen LogP contribution in [0.15, 0.2) is 54.7 Å². The quantitative estimate of drug-likeness (QED) is 0.496. The number of benzene rings is 2. The van der Waals surface area contributed by atoms with Crippen LogP contribution < -0.4 is 5.32 Å². The van der Waals surface area contributed by atoms with Gasteiger partial charge in [0.2, 0.25) is 0 Å². The Labute approximate surface area is 126 Å². The van der Waals surface area contributed by atoms with Crippen LogP contribution in [0.4, 0.5) is 5.69 Å². The minimum atomic E-state index is -0.216. The highest BCUT2D eigenvalue weighted by molar-refractivity contribution is 6.42. The molecular weight excluding hydrogens is 297 g/mol. The zero-order valence-electron chi connectivity index (χ0n) is 10.3. The van der Waals surface area contributed by atoms with E-state index < -0.39 is 0 Å². The molecule has 0 bridgehead atoms. The van der Waals surface area contributed by atoms with Crippen molar-refractivity contribution in [1.82, 2.24) is 0 Å². The molecule has 0 saturated heterocycles. The van der Waals surface area contributed by atoms with Gasteiger partial charge in [0, 0.05) is 17.8 Å². The number of anilines is 1. The summed E-state index contributed by atoms with van der Waals surface area (Å²) in [6.45, 7) is 0. The van der Waals surface area contributed by atoms with Gasteiger partial charge in [0.1, 0.15) is 5.75 Å². The fourth-order valence-electron chi connectivity index (χ4n) is 1.55. The van der Waals surface area contributed by atoms with Gasteiger partial charge in [-0.1, -0.05) is 35.3 Å². The molecule has 20 heavy (non-hydrogen) atoms. The van der Waals surface area contributed by atoms with Gasteiger partial charge in [-0.25, -0.2) is 0 Å². The maximum Gasteiger partial charge on any atom is 0.187 e. The van der Waals surface area contributed by atoms with E-state index in [9.17, 15) is 9.90 Å². The average molecular weight is 308 g/mol. The number of halogens is 2. The lowest BCUT2D eigenvalue weighted by Gasteiger charge is -2.03. The van der Waals surface area contributed by atoms with Crippen molar-refractivity contribution in [3.63, 3.8) is 0 Å². The second-order valence-electron chi connectivity index (χ2n) is 3.99. The zero-order valence-corrected chi connectivity index (χ0v) is 11.8. The SMILES string of the molecule is O=C(/C=C/Nc1ccccc1O)c1ccc(Cl)c(Cl)c1. The lowest BCUT2D eigenvalue weighted by Crippen LogP contribution is -1.96. The summed E-state index contributed by atoms with van der Waals surface area (Å²) in [6.07, 6.45) is 2.81. The topological polar surface area (TPSA) is 49.3 Å². The van der Waals surface area contributed by atoms with Crippen molar-refractivity contribution in [3.05, 3.63) is 70.3 Å². The minimum absolute atomic E-state index is 0.110. The average Bonchev–Trinajstić information content (AvgIpc) is 2.44. The maximum absolute atomic E-state index is 11.9. The van der Waals surface area contributed by atoms with Crippen LogP contribution in [0.2, 0.25) is 10.0 Å². The van der Waals surface area contributed by atoms with Crippen LogP contribution in [0.3, 0.4) is 0 Å². The van der Waals surface area contributed by atoms with E-state index in [2.05, 4.69) is 5.32 Å². The second kappa shape index (κ2) is 6.46. The standard InChI is InChI=1S/C15H11Cl2NO2/c16-11-6-5-10(9-12(11)17)14(19)7-8-18-13-3-1-2-4-15(13)20/h1-9,18,20H/b8-7+. The van der Waals surface area contributed by atoms with Crippen molar-refractivity contribution >= 4 is 34.7 Å². The number of aromatic hydroxyl groups is 1. The Morgan fingerprint density at radius 3 is 2.55 bits per heavy atom. The summed E-state index contributed by atoms with van der Waals surface area (Å²) in [5, 5.41) is 13.1. The van der Waals surface area contributed by atoms with E-state index in [1.165, 1.54) is 18.3 Å². The highest BCUT2D eigenvalue weighted by Gasteiger charge is 2.05. The molecule has 0 radical (unpaired) electrons. The zero-order chi connectivity index (χ0) is 14.5. The number of rotatable bonds is 4. The van der Waals surface area contributed by atoms with Crippen molar-refractivity contribution in [1.29, 1.82) is 0 Å². The summed E-state index contributed by atoms with van der Waals surface area (Å²) >= 11 is 11.6. The van der Waals surface area contributed by atoms with Gasteiger partial charge in [-0.3, -0.25) is 4.79 Å². The van der Waals surface area contributed by atoms with Crippen LogP contribution in [0.1, 0.15) is 10.4 Å². The molecule has 0 aliphatic heterocycles. The molecule has 2 N–H and O–H groups in total. The van der Waals surface area contributed by atoms with E-state index >= 15 is 0 Å². The van der Waals surface area contributed by atoms with Crippen molar-refractivity contribution in [2.24, 2.45) is 0 Å². The first-order valence-electron chi connectivity index (χ1n) is 5.78. The highest BCUT2D eigenvalue weighted by Crippen LogP contribution is 2.23. The Morgan fingerprint density at radius 2 is 1.85 bits per heavy atom. The molecule has 5 heteroatoms. The third kappa shape index (κ3) is 3.53. The summed E-state index contributed by atoms with van der Waals surface area (Å²) in [5.41, 5.74) is 0.959. The number of para-hydroxylation sites is 2. The molecule has 0 fully saturated rings. The molecule has 0 saturated carbocycles. The number of hydrogen-bond acceptors (Lipinski definition) is 3. The van der Waals surface area contributed by atoms with Gasteiger partial charge in [-0.15, -0.1) is 0 Å². The van der Waals surface area contributed by atoms with E-state index in [1.54, 1.807) is 36.4 Å². The van der Waals surface area contributed by atoms with Gasteiger partial charge in [-0.05, 0) is 30.3 Å². The number of phenolic OH excluding ortho intramolecular Hbond substituents is 1. The van der Waals surface area contributed by atoms with Gasteiger partial charge in [0.15, 0.2) is 5.78 Å². The smallest absolute Gasteiger partial charge is 0.187 e. The van der Waals surface area contributed by atoms with Gasteiger partial charge < -0.3 is 10.4 Å². The van der Waals surface area contributed by atoms with E-state index in [-0.39, 0.29) is 11.5 Å². The molecule has 2 aromatic rings. The predicted octanol–water partition coefficient (Wildman–Crippen LogP) is 4.51. The number of phenols is 1. The van der Waals surface area contributed by atoms with E-state index in [0.717, 1.165) is 0 Å². The molecule has 0 aliphatic rings. The number of allylic oxidation sites excluding steroid dienone is 1. The maximum atomic E-state index is 11.9. The number of nitrogens with one attached hydrogen (secondary N) is 1. The molecule has 0 unspecified atom stereocenters. The van der Waals surface area contributed by atoms with Crippen molar-refractivity contribution in [2.75, 3.05) is 5.32 Å². The lowest BCUT2D eigenvalue weighted by molar-refractivity contribution is 0.104. The first kappa shape index (κ1) is 14.4. The molecule has 102 valence electrons. The molecule has 0 aliphatic carbocycles. The largest absolute Gasteiger partial charge is 0.506 e.